The van der Waals surface area contributed by atoms with E-state index in [1.54, 1.807) is 49.5 Å². The Hall–Kier alpha value is -2.91. The number of benzene rings is 2. The fourth-order valence-corrected chi connectivity index (χ4v) is 4.62. The van der Waals surface area contributed by atoms with E-state index in [-0.39, 0.29) is 11.8 Å². The summed E-state index contributed by atoms with van der Waals surface area (Å²) in [5.74, 6) is 0.527. The maximum atomic E-state index is 13.2. The maximum absolute atomic E-state index is 13.2. The van der Waals surface area contributed by atoms with E-state index >= 15 is 0 Å². The highest BCUT2D eigenvalue weighted by Gasteiger charge is 2.31. The van der Waals surface area contributed by atoms with Gasteiger partial charge in [0.15, 0.2) is 11.5 Å². The Kier molecular flexibility index (Phi) is 8.85. The van der Waals surface area contributed by atoms with Crippen LogP contribution in [0.2, 0.25) is 0 Å². The Balaban J connectivity index is 1.46. The van der Waals surface area contributed by atoms with Crippen LogP contribution in [0.4, 0.5) is 10.1 Å². The van der Waals surface area contributed by atoms with Crippen molar-refractivity contribution in [2.75, 3.05) is 26.1 Å². The Morgan fingerprint density at radius 3 is 2.64 bits per heavy atom. The van der Waals surface area contributed by atoms with Crippen molar-refractivity contribution in [3.63, 3.8) is 0 Å². The highest BCUT2D eigenvalue weighted by Crippen LogP contribution is 2.34. The van der Waals surface area contributed by atoms with E-state index in [2.05, 4.69) is 5.32 Å². The smallest absolute Gasteiger partial charge is 0.266 e. The zero-order valence-electron chi connectivity index (χ0n) is 18.4. The molecule has 9 heteroatoms. The Morgan fingerprint density at radius 2 is 1.91 bits per heavy atom. The molecule has 0 atom stereocenters. The van der Waals surface area contributed by atoms with Gasteiger partial charge in [-0.15, -0.1) is 0 Å². The van der Waals surface area contributed by atoms with E-state index in [4.69, 9.17) is 21.7 Å². The first kappa shape index (κ1) is 24.7. The average Bonchev–Trinajstić information content (AvgIpc) is 3.05. The molecule has 0 saturated carbocycles. The minimum Gasteiger partial charge on any atom is -0.493 e. The highest BCUT2D eigenvalue weighted by atomic mass is 32.2. The summed E-state index contributed by atoms with van der Waals surface area (Å²) in [4.78, 5) is 27.0. The monoisotopic (exact) mass is 488 g/mol. The van der Waals surface area contributed by atoms with E-state index in [1.165, 1.54) is 23.9 Å². The lowest BCUT2D eigenvalue weighted by atomic mass is 10.1. The van der Waals surface area contributed by atoms with Gasteiger partial charge in [0.2, 0.25) is 5.91 Å². The Bertz CT molecular complexity index is 1070. The number of hydrogen-bond acceptors (Lipinski definition) is 6. The number of unbranched alkanes of at least 4 members (excludes halogenated alkanes) is 2. The minimum absolute atomic E-state index is 0.122. The summed E-state index contributed by atoms with van der Waals surface area (Å²) in [6, 6.07) is 11.2. The van der Waals surface area contributed by atoms with Gasteiger partial charge in [-0.3, -0.25) is 14.5 Å². The molecule has 1 aliphatic rings. The first-order chi connectivity index (χ1) is 15.9. The van der Waals surface area contributed by atoms with Gasteiger partial charge in [-0.25, -0.2) is 4.39 Å². The van der Waals surface area contributed by atoms with Gasteiger partial charge in [0, 0.05) is 18.7 Å². The van der Waals surface area contributed by atoms with Gasteiger partial charge >= 0.3 is 0 Å². The van der Waals surface area contributed by atoms with Gasteiger partial charge in [-0.1, -0.05) is 42.5 Å². The third-order valence-electron chi connectivity index (χ3n) is 4.97. The molecular formula is C24H25FN2O4S2. The van der Waals surface area contributed by atoms with Crippen molar-refractivity contribution in [3.8, 4) is 11.5 Å². The number of amides is 2. The van der Waals surface area contributed by atoms with Crippen LogP contribution in [0.1, 0.15) is 31.2 Å². The van der Waals surface area contributed by atoms with Crippen LogP contribution < -0.4 is 14.8 Å². The molecule has 0 spiro atoms. The molecule has 3 rings (SSSR count). The molecule has 0 unspecified atom stereocenters. The van der Waals surface area contributed by atoms with E-state index in [0.717, 1.165) is 18.4 Å². The van der Waals surface area contributed by atoms with Crippen LogP contribution in [-0.4, -0.2) is 41.8 Å². The van der Waals surface area contributed by atoms with Gasteiger partial charge in [0.25, 0.3) is 5.91 Å². The Morgan fingerprint density at radius 1 is 1.12 bits per heavy atom. The molecule has 0 radical (unpaired) electrons. The lowest BCUT2D eigenvalue weighted by Crippen LogP contribution is -2.29. The molecule has 2 aromatic carbocycles. The molecule has 2 amide bonds. The topological polar surface area (TPSA) is 67.9 Å². The SMILES string of the molecule is COc1ccc(/C=C2\SC(=S)N(CCCCCC(=O)Nc3cccc(F)c3)C2=O)cc1OC. The van der Waals surface area contributed by atoms with Crippen molar-refractivity contribution in [2.24, 2.45) is 0 Å². The van der Waals surface area contributed by atoms with Crippen molar-refractivity contribution in [2.45, 2.75) is 25.7 Å². The highest BCUT2D eigenvalue weighted by molar-refractivity contribution is 8.26. The van der Waals surface area contributed by atoms with E-state index in [0.29, 0.717) is 45.8 Å². The number of carbonyl (C=O) groups is 2. The predicted octanol–water partition coefficient (Wildman–Crippen LogP) is 5.24. The molecule has 33 heavy (non-hydrogen) atoms. The molecular weight excluding hydrogens is 463 g/mol. The van der Waals surface area contributed by atoms with Crippen molar-refractivity contribution in [3.05, 3.63) is 58.8 Å². The largest absolute Gasteiger partial charge is 0.493 e. The summed E-state index contributed by atoms with van der Waals surface area (Å²) in [6.45, 7) is 0.499. The van der Waals surface area contributed by atoms with Crippen LogP contribution in [-0.2, 0) is 9.59 Å². The molecule has 174 valence electrons. The summed E-state index contributed by atoms with van der Waals surface area (Å²) < 4.78 is 24.3. The number of thioether (sulfide) groups is 1. The number of methoxy groups -OCH3 is 2. The van der Waals surface area contributed by atoms with Gasteiger partial charge in [-0.05, 0) is 54.8 Å². The molecule has 1 aliphatic heterocycles. The maximum Gasteiger partial charge on any atom is 0.266 e. The van der Waals surface area contributed by atoms with Gasteiger partial charge < -0.3 is 14.8 Å². The number of thiocarbonyl (C=S) groups is 1. The van der Waals surface area contributed by atoms with Gasteiger partial charge in [-0.2, -0.15) is 0 Å². The quantitative estimate of drug-likeness (QED) is 0.280. The van der Waals surface area contributed by atoms with Crippen LogP contribution in [0.3, 0.4) is 0 Å². The third-order valence-corrected chi connectivity index (χ3v) is 6.35. The molecule has 0 bridgehead atoms. The van der Waals surface area contributed by atoms with Gasteiger partial charge in [0.05, 0.1) is 19.1 Å². The third kappa shape index (κ3) is 6.79. The lowest BCUT2D eigenvalue weighted by molar-refractivity contribution is -0.122. The number of ether oxygens (including phenoxy) is 2. The number of nitrogens with one attached hydrogen (secondary N) is 1. The summed E-state index contributed by atoms with van der Waals surface area (Å²) in [7, 11) is 3.13. The molecule has 1 fully saturated rings. The minimum atomic E-state index is -0.392. The molecule has 1 saturated heterocycles. The van der Waals surface area contributed by atoms with Crippen molar-refractivity contribution in [1.29, 1.82) is 0 Å². The Labute approximate surface area is 202 Å². The number of carbonyl (C=O) groups excluding carboxylic acids is 2. The van der Waals surface area contributed by atoms with Crippen LogP contribution in [0, 0.1) is 5.82 Å². The molecule has 1 N–H and O–H groups in total. The van der Waals surface area contributed by atoms with Crippen LogP contribution in [0.5, 0.6) is 11.5 Å². The summed E-state index contributed by atoms with van der Waals surface area (Å²) >= 11 is 6.66. The summed E-state index contributed by atoms with van der Waals surface area (Å²) in [6.07, 6.45) is 4.27. The van der Waals surface area contributed by atoms with Crippen LogP contribution >= 0.6 is 24.0 Å². The number of halogens is 1. The summed E-state index contributed by atoms with van der Waals surface area (Å²) in [5, 5.41) is 2.68. The average molecular weight is 489 g/mol. The number of nitrogens with zero attached hydrogens (tertiary/aromatic N) is 1. The van der Waals surface area contributed by atoms with Crippen LogP contribution in [0.15, 0.2) is 47.4 Å². The molecule has 0 aliphatic carbocycles. The number of hydrogen-bond donors (Lipinski definition) is 1. The standard InChI is InChI=1S/C24H25FN2O4S2/c1-30-19-11-10-16(13-20(19)31-2)14-21-23(29)27(24(32)33-21)12-5-3-4-9-22(28)26-18-8-6-7-17(25)15-18/h6-8,10-11,13-15H,3-5,9,12H2,1-2H3,(H,26,28)/b21-14-. The van der Waals surface area contributed by atoms with Gasteiger partial charge in [0.1, 0.15) is 10.1 Å². The zero-order valence-corrected chi connectivity index (χ0v) is 20.1. The normalized spacial score (nSPS) is 14.6. The predicted molar refractivity (Wildman–Crippen MR) is 133 cm³/mol. The molecule has 2 aromatic rings. The molecule has 1 heterocycles. The number of rotatable bonds is 10. The lowest BCUT2D eigenvalue weighted by Gasteiger charge is -2.14. The second-order valence-corrected chi connectivity index (χ2v) is 8.99. The van der Waals surface area contributed by atoms with E-state index < -0.39 is 5.82 Å². The van der Waals surface area contributed by atoms with Crippen molar-refractivity contribution < 1.29 is 23.5 Å². The fourth-order valence-electron chi connectivity index (χ4n) is 3.31. The summed E-state index contributed by atoms with van der Waals surface area (Å²) in [5.41, 5.74) is 1.26. The van der Waals surface area contributed by atoms with Crippen molar-refractivity contribution >= 4 is 51.9 Å². The first-order valence-corrected chi connectivity index (χ1v) is 11.7. The van der Waals surface area contributed by atoms with E-state index in [9.17, 15) is 14.0 Å². The van der Waals surface area contributed by atoms with E-state index in [1.807, 2.05) is 6.07 Å². The zero-order chi connectivity index (χ0) is 23.8. The first-order valence-electron chi connectivity index (χ1n) is 10.4. The second kappa shape index (κ2) is 11.8. The fraction of sp³-hybridized carbons (Fsp3) is 0.292. The second-order valence-electron chi connectivity index (χ2n) is 7.32. The molecule has 0 aromatic heterocycles. The van der Waals surface area contributed by atoms with Crippen molar-refractivity contribution in [1.82, 2.24) is 4.90 Å². The molecule has 6 nitrogen and oxygen atoms in total. The van der Waals surface area contributed by atoms with Crippen LogP contribution in [0.25, 0.3) is 6.08 Å². The number of anilines is 1.